The molecule has 0 aliphatic rings. The van der Waals surface area contributed by atoms with Crippen molar-refractivity contribution in [2.75, 3.05) is 0 Å². The molecule has 0 radical (unpaired) electrons. The van der Waals surface area contributed by atoms with Crippen LogP contribution in [0.2, 0.25) is 0 Å². The molecule has 0 saturated carbocycles. The standard InChI is InChI=1S/C15H16N2O/c1-11-3-6-13(7-4-11)9-17-10-14(15(16)18)8-5-12(17)2/h3-8,10H,9H2,1-2H3,(H-,16,18)/p+1. The van der Waals surface area contributed by atoms with Gasteiger partial charge in [-0.05, 0) is 13.0 Å². The lowest BCUT2D eigenvalue weighted by atomic mass is 10.1. The molecule has 0 bridgehead atoms. The molecule has 1 aromatic carbocycles. The monoisotopic (exact) mass is 241 g/mol. The number of hydrogen-bond acceptors (Lipinski definition) is 1. The summed E-state index contributed by atoms with van der Waals surface area (Å²) in [4.78, 5) is 11.2. The first kappa shape index (κ1) is 12.3. The van der Waals surface area contributed by atoms with E-state index >= 15 is 0 Å². The number of hydrogen-bond donors (Lipinski definition) is 1. The third-order valence-electron chi connectivity index (χ3n) is 3.01. The predicted octanol–water partition coefficient (Wildman–Crippen LogP) is 1.74. The van der Waals surface area contributed by atoms with E-state index in [4.69, 9.17) is 5.73 Å². The largest absolute Gasteiger partial charge is 0.365 e. The number of pyridine rings is 1. The highest BCUT2D eigenvalue weighted by Gasteiger charge is 2.11. The first-order chi connectivity index (χ1) is 8.56. The lowest BCUT2D eigenvalue weighted by molar-refractivity contribution is -0.694. The first-order valence-corrected chi connectivity index (χ1v) is 5.92. The summed E-state index contributed by atoms with van der Waals surface area (Å²) in [5.41, 5.74) is 9.37. The van der Waals surface area contributed by atoms with Crippen molar-refractivity contribution in [1.29, 1.82) is 0 Å². The maximum absolute atomic E-state index is 11.2. The van der Waals surface area contributed by atoms with Gasteiger partial charge in [0.2, 0.25) is 0 Å². The Hall–Kier alpha value is -2.16. The van der Waals surface area contributed by atoms with E-state index < -0.39 is 5.91 Å². The van der Waals surface area contributed by atoms with Crippen LogP contribution in [0.4, 0.5) is 0 Å². The molecule has 2 aromatic rings. The van der Waals surface area contributed by atoms with E-state index in [9.17, 15) is 4.79 Å². The van der Waals surface area contributed by atoms with E-state index in [0.29, 0.717) is 5.56 Å². The minimum Gasteiger partial charge on any atom is -0.365 e. The summed E-state index contributed by atoms with van der Waals surface area (Å²) in [7, 11) is 0. The number of aryl methyl sites for hydroxylation is 2. The molecule has 0 unspecified atom stereocenters. The second kappa shape index (κ2) is 5.00. The van der Waals surface area contributed by atoms with Gasteiger partial charge in [-0.25, -0.2) is 0 Å². The molecule has 1 aromatic heterocycles. The molecule has 18 heavy (non-hydrogen) atoms. The lowest BCUT2D eigenvalue weighted by Gasteiger charge is -2.03. The summed E-state index contributed by atoms with van der Waals surface area (Å²) in [6.45, 7) is 4.82. The van der Waals surface area contributed by atoms with Crippen LogP contribution in [-0.2, 0) is 6.54 Å². The van der Waals surface area contributed by atoms with E-state index in [0.717, 1.165) is 12.2 Å². The van der Waals surface area contributed by atoms with Gasteiger partial charge in [-0.3, -0.25) is 4.79 Å². The van der Waals surface area contributed by atoms with Crippen molar-refractivity contribution in [2.45, 2.75) is 20.4 Å². The van der Waals surface area contributed by atoms with Gasteiger partial charge in [0.1, 0.15) is 5.56 Å². The quantitative estimate of drug-likeness (QED) is 0.817. The molecule has 0 aliphatic heterocycles. The van der Waals surface area contributed by atoms with E-state index in [2.05, 4.69) is 31.2 Å². The molecule has 3 heteroatoms. The number of nitrogens with zero attached hydrogens (tertiary/aromatic N) is 1. The maximum Gasteiger partial charge on any atom is 0.254 e. The van der Waals surface area contributed by atoms with Crippen LogP contribution in [0.15, 0.2) is 42.6 Å². The molecular weight excluding hydrogens is 224 g/mol. The third kappa shape index (κ3) is 2.74. The Bertz CT molecular complexity index is 574. The molecule has 0 atom stereocenters. The van der Waals surface area contributed by atoms with E-state index in [1.54, 1.807) is 12.3 Å². The molecule has 0 aliphatic carbocycles. The van der Waals surface area contributed by atoms with Gasteiger partial charge < -0.3 is 5.73 Å². The van der Waals surface area contributed by atoms with Crippen molar-refractivity contribution < 1.29 is 9.36 Å². The van der Waals surface area contributed by atoms with Crippen molar-refractivity contribution in [3.63, 3.8) is 0 Å². The van der Waals surface area contributed by atoms with Gasteiger partial charge in [0.25, 0.3) is 5.91 Å². The highest BCUT2D eigenvalue weighted by atomic mass is 16.1. The minimum atomic E-state index is -0.396. The number of aromatic nitrogens is 1. The summed E-state index contributed by atoms with van der Waals surface area (Å²) in [6, 6.07) is 12.0. The molecular formula is C15H17N2O+. The highest BCUT2D eigenvalue weighted by molar-refractivity contribution is 5.92. The lowest BCUT2D eigenvalue weighted by Crippen LogP contribution is -2.38. The zero-order valence-electron chi connectivity index (χ0n) is 10.7. The normalized spacial score (nSPS) is 10.3. The molecule has 0 saturated heterocycles. The Morgan fingerprint density at radius 1 is 1.11 bits per heavy atom. The van der Waals surface area contributed by atoms with Crippen LogP contribution in [0.3, 0.4) is 0 Å². The van der Waals surface area contributed by atoms with Crippen molar-refractivity contribution >= 4 is 5.91 Å². The Kier molecular flexibility index (Phi) is 3.42. The fraction of sp³-hybridized carbons (Fsp3) is 0.200. The third-order valence-corrected chi connectivity index (χ3v) is 3.01. The van der Waals surface area contributed by atoms with Gasteiger partial charge in [-0.1, -0.05) is 29.8 Å². The zero-order chi connectivity index (χ0) is 13.1. The molecule has 1 amide bonds. The van der Waals surface area contributed by atoms with Gasteiger partial charge in [-0.2, -0.15) is 4.57 Å². The zero-order valence-corrected chi connectivity index (χ0v) is 10.7. The number of primary amides is 1. The van der Waals surface area contributed by atoms with Gasteiger partial charge in [0.15, 0.2) is 18.4 Å². The van der Waals surface area contributed by atoms with Gasteiger partial charge >= 0.3 is 0 Å². The smallest absolute Gasteiger partial charge is 0.254 e. The van der Waals surface area contributed by atoms with Crippen molar-refractivity contribution in [2.24, 2.45) is 5.73 Å². The maximum atomic E-state index is 11.2. The van der Waals surface area contributed by atoms with Crippen LogP contribution in [0.5, 0.6) is 0 Å². The number of amides is 1. The average Bonchev–Trinajstić information content (AvgIpc) is 2.34. The van der Waals surface area contributed by atoms with E-state index in [1.165, 1.54) is 11.1 Å². The molecule has 2 N–H and O–H groups in total. The number of nitrogens with two attached hydrogens (primary N) is 1. The Balaban J connectivity index is 2.30. The second-order valence-corrected chi connectivity index (χ2v) is 4.54. The predicted molar refractivity (Wildman–Crippen MR) is 70.2 cm³/mol. The fourth-order valence-corrected chi connectivity index (χ4v) is 1.83. The van der Waals surface area contributed by atoms with Crippen molar-refractivity contribution in [1.82, 2.24) is 0 Å². The van der Waals surface area contributed by atoms with Crippen molar-refractivity contribution in [3.8, 4) is 0 Å². The van der Waals surface area contributed by atoms with Gasteiger partial charge in [0.05, 0.1) is 0 Å². The Morgan fingerprint density at radius 3 is 2.39 bits per heavy atom. The summed E-state index contributed by atoms with van der Waals surface area (Å²) in [6.07, 6.45) is 1.80. The molecule has 0 spiro atoms. The summed E-state index contributed by atoms with van der Waals surface area (Å²) >= 11 is 0. The van der Waals surface area contributed by atoms with Crippen LogP contribution in [0.25, 0.3) is 0 Å². The second-order valence-electron chi connectivity index (χ2n) is 4.54. The molecule has 92 valence electrons. The van der Waals surface area contributed by atoms with E-state index in [-0.39, 0.29) is 0 Å². The SMILES string of the molecule is Cc1ccc(C[n+]2cc(C(N)=O)ccc2C)cc1. The van der Waals surface area contributed by atoms with Gasteiger partial charge in [0, 0.05) is 18.6 Å². The first-order valence-electron chi connectivity index (χ1n) is 5.92. The Labute approximate surface area is 107 Å². The molecule has 0 fully saturated rings. The molecule has 3 nitrogen and oxygen atoms in total. The number of carbonyl (C=O) groups excluding carboxylic acids is 1. The topological polar surface area (TPSA) is 47.0 Å². The average molecular weight is 241 g/mol. The van der Waals surface area contributed by atoms with Crippen LogP contribution < -0.4 is 10.3 Å². The highest BCUT2D eigenvalue weighted by Crippen LogP contribution is 2.04. The van der Waals surface area contributed by atoms with Gasteiger partial charge in [-0.15, -0.1) is 0 Å². The number of benzene rings is 1. The van der Waals surface area contributed by atoms with Crippen LogP contribution in [-0.4, -0.2) is 5.91 Å². The van der Waals surface area contributed by atoms with E-state index in [1.807, 2.05) is 17.6 Å². The number of rotatable bonds is 3. The summed E-state index contributed by atoms with van der Waals surface area (Å²) in [5.74, 6) is -0.396. The minimum absolute atomic E-state index is 0.396. The molecule has 2 rings (SSSR count). The van der Waals surface area contributed by atoms with Crippen LogP contribution in [0.1, 0.15) is 27.2 Å². The molecule has 1 heterocycles. The Morgan fingerprint density at radius 2 is 1.78 bits per heavy atom. The van der Waals surface area contributed by atoms with Crippen molar-refractivity contribution in [3.05, 3.63) is 65.0 Å². The fourth-order valence-electron chi connectivity index (χ4n) is 1.83. The van der Waals surface area contributed by atoms with Crippen LogP contribution >= 0.6 is 0 Å². The number of carbonyl (C=O) groups is 1. The summed E-state index contributed by atoms with van der Waals surface area (Å²) in [5, 5.41) is 0. The van der Waals surface area contributed by atoms with Crippen LogP contribution in [0, 0.1) is 13.8 Å². The summed E-state index contributed by atoms with van der Waals surface area (Å²) < 4.78 is 2.03.